The van der Waals surface area contributed by atoms with Crippen LogP contribution in [-0.2, 0) is 15.1 Å². The molecule has 0 spiro atoms. The van der Waals surface area contributed by atoms with Crippen molar-refractivity contribution in [1.82, 2.24) is 19.6 Å². The third kappa shape index (κ3) is 3.79. The summed E-state index contributed by atoms with van der Waals surface area (Å²) in [7, 11) is 0. The number of rotatable bonds is 5. The molecule has 3 heterocycles. The molecular weight excluding hydrogens is 368 g/mol. The summed E-state index contributed by atoms with van der Waals surface area (Å²) in [5, 5.41) is 13.5. The Balaban J connectivity index is 1.40. The Kier molecular flexibility index (Phi) is 4.76. The molecule has 0 bridgehead atoms. The highest BCUT2D eigenvalue weighted by molar-refractivity contribution is 5.83. The van der Waals surface area contributed by atoms with E-state index in [1.807, 2.05) is 75.2 Å². The summed E-state index contributed by atoms with van der Waals surface area (Å²) < 4.78 is 7.68. The van der Waals surface area contributed by atoms with Gasteiger partial charge >= 0.3 is 0 Å². The summed E-state index contributed by atoms with van der Waals surface area (Å²) in [6.45, 7) is 13.1. The number of aromatic nitrogens is 2. The van der Waals surface area contributed by atoms with Crippen molar-refractivity contribution >= 4 is 11.4 Å². The monoisotopic (exact) mass is 400 g/mol. The standard InChI is InChI=1S/C22H32N4O3/c1-13-23-18(16-9-7-8-10-26(13)16)22(5,6)24-19(27)17-14-11-25(12-15(14)17)20(28)29-21(2,3)4/h7-10,14-15,17,20,28H,11-12H2,1-6H3,(H,24,27)/t14-,15+,17?,20?. The van der Waals surface area contributed by atoms with E-state index >= 15 is 0 Å². The smallest absolute Gasteiger partial charge is 0.224 e. The van der Waals surface area contributed by atoms with Gasteiger partial charge in [0, 0.05) is 25.2 Å². The van der Waals surface area contributed by atoms with E-state index in [2.05, 4.69) is 5.32 Å². The van der Waals surface area contributed by atoms with Crippen molar-refractivity contribution < 1.29 is 14.6 Å². The number of fused-ring (bicyclic) bond motifs is 2. The maximum atomic E-state index is 13.0. The van der Waals surface area contributed by atoms with Gasteiger partial charge in [0.15, 0.2) is 0 Å². The average molecular weight is 401 g/mol. The van der Waals surface area contributed by atoms with E-state index in [4.69, 9.17) is 9.72 Å². The lowest BCUT2D eigenvalue weighted by molar-refractivity contribution is -0.236. The lowest BCUT2D eigenvalue weighted by Gasteiger charge is -2.31. The maximum Gasteiger partial charge on any atom is 0.224 e. The van der Waals surface area contributed by atoms with Crippen molar-refractivity contribution in [2.75, 3.05) is 13.1 Å². The van der Waals surface area contributed by atoms with E-state index in [9.17, 15) is 9.90 Å². The molecule has 0 radical (unpaired) electrons. The van der Waals surface area contributed by atoms with Crippen molar-refractivity contribution in [3.05, 3.63) is 35.9 Å². The van der Waals surface area contributed by atoms with Crippen molar-refractivity contribution in [3.8, 4) is 0 Å². The number of nitrogens with zero attached hydrogens (tertiary/aromatic N) is 3. The van der Waals surface area contributed by atoms with Gasteiger partial charge in [-0.1, -0.05) is 6.07 Å². The van der Waals surface area contributed by atoms with Crippen molar-refractivity contribution in [1.29, 1.82) is 0 Å². The fourth-order valence-electron chi connectivity index (χ4n) is 4.62. The molecule has 29 heavy (non-hydrogen) atoms. The Hall–Kier alpha value is -1.96. The number of aliphatic hydroxyl groups is 1. The fraction of sp³-hybridized carbons (Fsp3) is 0.636. The molecule has 2 fully saturated rings. The van der Waals surface area contributed by atoms with E-state index < -0.39 is 17.6 Å². The molecule has 4 rings (SSSR count). The van der Waals surface area contributed by atoms with E-state index in [-0.39, 0.29) is 23.7 Å². The quantitative estimate of drug-likeness (QED) is 0.753. The Labute approximate surface area is 172 Å². The van der Waals surface area contributed by atoms with Gasteiger partial charge in [-0.15, -0.1) is 0 Å². The van der Waals surface area contributed by atoms with Crippen molar-refractivity contribution in [2.24, 2.45) is 17.8 Å². The minimum atomic E-state index is -0.914. The molecule has 7 heteroatoms. The van der Waals surface area contributed by atoms with Gasteiger partial charge < -0.3 is 19.6 Å². The SMILES string of the molecule is Cc1nc(C(C)(C)NC(=O)C2[C@H]3CN(C(O)OC(C)(C)C)C[C@@H]23)c2ccccn12. The summed E-state index contributed by atoms with van der Waals surface area (Å²) in [6.07, 6.45) is 1.08. The second kappa shape index (κ2) is 6.79. The molecule has 1 aliphatic carbocycles. The Morgan fingerprint density at radius 3 is 2.52 bits per heavy atom. The largest absolute Gasteiger partial charge is 0.356 e. The van der Waals surface area contributed by atoms with Crippen LogP contribution >= 0.6 is 0 Å². The molecule has 2 aliphatic rings. The van der Waals surface area contributed by atoms with Crippen LogP contribution < -0.4 is 5.32 Å². The minimum Gasteiger partial charge on any atom is -0.356 e. The molecule has 1 saturated heterocycles. The number of amides is 1. The molecule has 4 atom stereocenters. The molecular formula is C22H32N4O3. The lowest BCUT2D eigenvalue weighted by Crippen LogP contribution is -2.45. The Bertz CT molecular complexity index is 918. The van der Waals surface area contributed by atoms with Crippen LogP contribution in [0.25, 0.3) is 5.52 Å². The first kappa shape index (κ1) is 20.3. The number of pyridine rings is 1. The Morgan fingerprint density at radius 2 is 1.90 bits per heavy atom. The highest BCUT2D eigenvalue weighted by atomic mass is 16.6. The number of ether oxygens (including phenoxy) is 1. The average Bonchev–Trinajstić information content (AvgIpc) is 2.95. The zero-order chi connectivity index (χ0) is 21.1. The second-order valence-corrected chi connectivity index (χ2v) is 9.94. The minimum absolute atomic E-state index is 0.00216. The summed E-state index contributed by atoms with van der Waals surface area (Å²) in [5.74, 6) is 1.55. The predicted octanol–water partition coefficient (Wildman–Crippen LogP) is 2.26. The second-order valence-electron chi connectivity index (χ2n) is 9.94. The van der Waals surface area contributed by atoms with E-state index in [0.29, 0.717) is 13.1 Å². The molecule has 1 amide bonds. The zero-order valence-electron chi connectivity index (χ0n) is 18.1. The molecule has 1 saturated carbocycles. The Morgan fingerprint density at radius 1 is 1.24 bits per heavy atom. The number of hydrogen-bond donors (Lipinski definition) is 2. The number of imidazole rings is 1. The number of piperidine rings is 1. The van der Waals surface area contributed by atoms with Crippen LogP contribution in [0, 0.1) is 24.7 Å². The summed E-state index contributed by atoms with van der Waals surface area (Å²) in [5.41, 5.74) is 0.923. The van der Waals surface area contributed by atoms with E-state index in [1.165, 1.54) is 0 Å². The molecule has 2 aromatic rings. The summed E-state index contributed by atoms with van der Waals surface area (Å²) in [4.78, 5) is 19.6. The van der Waals surface area contributed by atoms with Gasteiger partial charge in [-0.2, -0.15) is 0 Å². The van der Waals surface area contributed by atoms with Gasteiger partial charge in [0.05, 0.1) is 22.4 Å². The van der Waals surface area contributed by atoms with Crippen LogP contribution in [-0.4, -0.2) is 50.4 Å². The zero-order valence-corrected chi connectivity index (χ0v) is 18.1. The number of carbonyl (C=O) groups excluding carboxylic acids is 1. The van der Waals surface area contributed by atoms with Gasteiger partial charge in [0.2, 0.25) is 12.3 Å². The van der Waals surface area contributed by atoms with Crippen LogP contribution in [0.2, 0.25) is 0 Å². The maximum absolute atomic E-state index is 13.0. The van der Waals surface area contributed by atoms with Gasteiger partial charge in [-0.05, 0) is 65.5 Å². The van der Waals surface area contributed by atoms with Crippen LogP contribution in [0.4, 0.5) is 0 Å². The molecule has 158 valence electrons. The van der Waals surface area contributed by atoms with Crippen molar-refractivity contribution in [3.63, 3.8) is 0 Å². The van der Waals surface area contributed by atoms with Gasteiger partial charge in [0.1, 0.15) is 5.82 Å². The third-order valence-electron chi connectivity index (χ3n) is 6.05. The molecule has 2 N–H and O–H groups in total. The first-order valence-electron chi connectivity index (χ1n) is 10.3. The lowest BCUT2D eigenvalue weighted by atomic mass is 9.98. The highest BCUT2D eigenvalue weighted by Crippen LogP contribution is 2.52. The van der Waals surface area contributed by atoms with Crippen LogP contribution in [0.15, 0.2) is 24.4 Å². The highest BCUT2D eigenvalue weighted by Gasteiger charge is 2.60. The number of nitrogens with one attached hydrogen (secondary N) is 1. The number of hydrogen-bond acceptors (Lipinski definition) is 5. The van der Waals surface area contributed by atoms with Gasteiger partial charge in [0.25, 0.3) is 0 Å². The van der Waals surface area contributed by atoms with E-state index in [1.54, 1.807) is 0 Å². The van der Waals surface area contributed by atoms with E-state index in [0.717, 1.165) is 17.0 Å². The van der Waals surface area contributed by atoms with Crippen molar-refractivity contribution in [2.45, 2.75) is 59.1 Å². The fourth-order valence-corrected chi connectivity index (χ4v) is 4.62. The van der Waals surface area contributed by atoms with Crippen LogP contribution in [0.3, 0.4) is 0 Å². The molecule has 0 aromatic carbocycles. The molecule has 2 aromatic heterocycles. The molecule has 7 nitrogen and oxygen atoms in total. The number of carbonyl (C=O) groups is 1. The van der Waals surface area contributed by atoms with Crippen LogP contribution in [0.5, 0.6) is 0 Å². The summed E-state index contributed by atoms with van der Waals surface area (Å²) >= 11 is 0. The number of likely N-dealkylation sites (tertiary alicyclic amines) is 1. The van der Waals surface area contributed by atoms with Crippen LogP contribution in [0.1, 0.15) is 46.1 Å². The topological polar surface area (TPSA) is 79.1 Å². The normalized spacial score (nSPS) is 25.8. The third-order valence-corrected chi connectivity index (χ3v) is 6.05. The van der Waals surface area contributed by atoms with Gasteiger partial charge in [-0.25, -0.2) is 4.98 Å². The number of aryl methyl sites for hydroxylation is 1. The molecule has 2 unspecified atom stereocenters. The number of aliphatic hydroxyl groups excluding tert-OH is 1. The first-order chi connectivity index (χ1) is 13.5. The first-order valence-corrected chi connectivity index (χ1v) is 10.3. The molecule has 1 aliphatic heterocycles. The summed E-state index contributed by atoms with van der Waals surface area (Å²) in [6, 6.07) is 6.00. The predicted molar refractivity (Wildman–Crippen MR) is 110 cm³/mol. The van der Waals surface area contributed by atoms with Gasteiger partial charge in [-0.3, -0.25) is 9.69 Å².